The van der Waals surface area contributed by atoms with E-state index in [0.717, 1.165) is 23.1 Å². The van der Waals surface area contributed by atoms with Crippen LogP contribution in [0.5, 0.6) is 0 Å². The van der Waals surface area contributed by atoms with Gasteiger partial charge in [-0.1, -0.05) is 11.6 Å². The van der Waals surface area contributed by atoms with Gasteiger partial charge in [0.2, 0.25) is 0 Å². The highest BCUT2D eigenvalue weighted by Gasteiger charge is 2.31. The Bertz CT molecular complexity index is 526. The van der Waals surface area contributed by atoms with Gasteiger partial charge in [0, 0.05) is 14.2 Å². The van der Waals surface area contributed by atoms with Crippen molar-refractivity contribution in [3.8, 4) is 0 Å². The van der Waals surface area contributed by atoms with Gasteiger partial charge in [-0.3, -0.25) is 0 Å². The number of rotatable bonds is 5. The highest BCUT2D eigenvalue weighted by atomic mass is 35.5. The predicted octanol–water partition coefficient (Wildman–Crippen LogP) is 2.83. The fourth-order valence-electron chi connectivity index (χ4n) is 1.65. The van der Waals surface area contributed by atoms with Crippen molar-refractivity contribution < 1.29 is 27.8 Å². The molecule has 0 radical (unpaired) electrons. The molecule has 0 heterocycles. The molecule has 1 aromatic rings. The van der Waals surface area contributed by atoms with E-state index in [0.29, 0.717) is 0 Å². The molecule has 0 aliphatic rings. The van der Waals surface area contributed by atoms with Crippen LogP contribution in [-0.4, -0.2) is 49.5 Å². The summed E-state index contributed by atoms with van der Waals surface area (Å²) in [7, 11) is 2.83. The highest BCUT2D eigenvalue weighted by molar-refractivity contribution is 6.33. The molecule has 124 valence electrons. The third kappa shape index (κ3) is 5.36. The van der Waals surface area contributed by atoms with Crippen LogP contribution in [0.15, 0.2) is 18.2 Å². The largest absolute Gasteiger partial charge is 0.416 e. The number of hydrogen-bond acceptors (Lipinski definition) is 3. The van der Waals surface area contributed by atoms with E-state index in [1.165, 1.54) is 14.2 Å². The molecule has 0 saturated carbocycles. The minimum absolute atomic E-state index is 0.00206. The number of urea groups is 1. The maximum Gasteiger partial charge on any atom is 0.416 e. The summed E-state index contributed by atoms with van der Waals surface area (Å²) in [5.41, 5.74) is -0.855. The second-order valence-electron chi connectivity index (χ2n) is 4.61. The number of ether oxygens (including phenoxy) is 1. The highest BCUT2D eigenvalue weighted by Crippen LogP contribution is 2.33. The average molecular weight is 341 g/mol. The quantitative estimate of drug-likeness (QED) is 0.866. The second kappa shape index (κ2) is 7.66. The Balaban J connectivity index is 2.72. The van der Waals surface area contributed by atoms with Gasteiger partial charge < -0.3 is 20.1 Å². The van der Waals surface area contributed by atoms with Gasteiger partial charge in [0.25, 0.3) is 0 Å². The standard InChI is InChI=1S/C13H16ClF3N2O3/c1-19(6-9(20)7-22-2)12(21)18-11-4-3-8(5-10(11)14)13(15,16)17/h3-5,9,20H,6-7H2,1-2H3,(H,18,21). The van der Waals surface area contributed by atoms with Crippen LogP contribution < -0.4 is 5.32 Å². The second-order valence-corrected chi connectivity index (χ2v) is 5.02. The number of anilines is 1. The Morgan fingerprint density at radius 2 is 2.14 bits per heavy atom. The first-order valence-electron chi connectivity index (χ1n) is 6.21. The normalized spacial score (nSPS) is 12.9. The Hall–Kier alpha value is -1.51. The molecule has 0 aliphatic heterocycles. The summed E-state index contributed by atoms with van der Waals surface area (Å²) in [5.74, 6) is 0. The van der Waals surface area contributed by atoms with Crippen LogP contribution in [0, 0.1) is 0 Å². The number of amides is 2. The lowest BCUT2D eigenvalue weighted by molar-refractivity contribution is -0.137. The zero-order valence-electron chi connectivity index (χ0n) is 11.9. The first-order valence-corrected chi connectivity index (χ1v) is 6.58. The molecule has 1 unspecified atom stereocenters. The topological polar surface area (TPSA) is 61.8 Å². The van der Waals surface area contributed by atoms with Crippen molar-refractivity contribution >= 4 is 23.3 Å². The summed E-state index contributed by atoms with van der Waals surface area (Å²) in [5, 5.41) is 11.7. The molecule has 1 atom stereocenters. The molecule has 1 rings (SSSR count). The van der Waals surface area contributed by atoms with Gasteiger partial charge in [0.05, 0.1) is 35.5 Å². The lowest BCUT2D eigenvalue weighted by atomic mass is 10.2. The molecule has 2 N–H and O–H groups in total. The molecule has 5 nitrogen and oxygen atoms in total. The fourth-order valence-corrected chi connectivity index (χ4v) is 1.88. The van der Waals surface area contributed by atoms with Crippen molar-refractivity contribution in [2.75, 3.05) is 32.6 Å². The van der Waals surface area contributed by atoms with E-state index < -0.39 is 23.9 Å². The van der Waals surface area contributed by atoms with Crippen LogP contribution in [0.4, 0.5) is 23.7 Å². The van der Waals surface area contributed by atoms with E-state index in [-0.39, 0.29) is 23.9 Å². The van der Waals surface area contributed by atoms with Gasteiger partial charge in [-0.25, -0.2) is 4.79 Å². The van der Waals surface area contributed by atoms with E-state index in [1.807, 2.05) is 0 Å². The molecular weight excluding hydrogens is 325 g/mol. The third-order valence-electron chi connectivity index (χ3n) is 2.73. The molecule has 22 heavy (non-hydrogen) atoms. The van der Waals surface area contributed by atoms with Crippen LogP contribution in [0.1, 0.15) is 5.56 Å². The molecular formula is C13H16ClF3N2O3. The van der Waals surface area contributed by atoms with Crippen LogP contribution in [0.25, 0.3) is 0 Å². The first kappa shape index (κ1) is 18.5. The van der Waals surface area contributed by atoms with Gasteiger partial charge in [-0.2, -0.15) is 13.2 Å². The molecule has 9 heteroatoms. The van der Waals surface area contributed by atoms with Crippen LogP contribution in [0.2, 0.25) is 5.02 Å². The lowest BCUT2D eigenvalue weighted by Crippen LogP contribution is -2.38. The number of methoxy groups -OCH3 is 1. The van der Waals surface area contributed by atoms with Crippen LogP contribution >= 0.6 is 11.6 Å². The number of benzene rings is 1. The number of aliphatic hydroxyl groups is 1. The van der Waals surface area contributed by atoms with Gasteiger partial charge in [-0.05, 0) is 18.2 Å². The summed E-state index contributed by atoms with van der Waals surface area (Å²) < 4.78 is 42.3. The van der Waals surface area contributed by atoms with Crippen LogP contribution in [-0.2, 0) is 10.9 Å². The number of likely N-dealkylation sites (N-methyl/N-ethyl adjacent to an activating group) is 1. The van der Waals surface area contributed by atoms with Gasteiger partial charge in [-0.15, -0.1) is 0 Å². The average Bonchev–Trinajstić information content (AvgIpc) is 2.39. The number of alkyl halides is 3. The smallest absolute Gasteiger partial charge is 0.389 e. The maximum atomic E-state index is 12.5. The molecule has 0 fully saturated rings. The number of carbonyl (C=O) groups excluding carboxylic acids is 1. The van der Waals surface area contributed by atoms with Crippen molar-refractivity contribution in [3.63, 3.8) is 0 Å². The van der Waals surface area contributed by atoms with E-state index in [9.17, 15) is 23.1 Å². The molecule has 0 spiro atoms. The van der Waals surface area contributed by atoms with Crippen molar-refractivity contribution in [2.45, 2.75) is 12.3 Å². The summed E-state index contributed by atoms with van der Waals surface area (Å²) in [4.78, 5) is 13.0. The summed E-state index contributed by atoms with van der Waals surface area (Å²) in [6.45, 7) is 0.0522. The number of nitrogens with one attached hydrogen (secondary N) is 1. The summed E-state index contributed by atoms with van der Waals surface area (Å²) in [6, 6.07) is 2.01. The predicted molar refractivity (Wildman–Crippen MR) is 76.0 cm³/mol. The zero-order valence-corrected chi connectivity index (χ0v) is 12.7. The monoisotopic (exact) mass is 340 g/mol. The number of nitrogens with zero attached hydrogens (tertiary/aromatic N) is 1. The van der Waals surface area contributed by atoms with E-state index in [2.05, 4.69) is 5.32 Å². The lowest BCUT2D eigenvalue weighted by Gasteiger charge is -2.21. The SMILES string of the molecule is COCC(O)CN(C)C(=O)Nc1ccc(C(F)(F)F)cc1Cl. The fraction of sp³-hybridized carbons (Fsp3) is 0.462. The Morgan fingerprint density at radius 3 is 2.64 bits per heavy atom. The summed E-state index contributed by atoms with van der Waals surface area (Å²) in [6.07, 6.45) is -5.38. The van der Waals surface area contributed by atoms with E-state index >= 15 is 0 Å². The molecule has 0 aromatic heterocycles. The molecule has 0 saturated heterocycles. The van der Waals surface area contributed by atoms with Crippen molar-refractivity contribution in [3.05, 3.63) is 28.8 Å². The third-order valence-corrected chi connectivity index (χ3v) is 3.04. The van der Waals surface area contributed by atoms with Crippen molar-refractivity contribution in [1.82, 2.24) is 4.90 Å². The van der Waals surface area contributed by atoms with Crippen molar-refractivity contribution in [2.24, 2.45) is 0 Å². The number of carbonyl (C=O) groups is 1. The van der Waals surface area contributed by atoms with E-state index in [1.54, 1.807) is 0 Å². The van der Waals surface area contributed by atoms with Crippen LogP contribution in [0.3, 0.4) is 0 Å². The zero-order chi connectivity index (χ0) is 16.9. The van der Waals surface area contributed by atoms with Gasteiger partial charge in [0.15, 0.2) is 0 Å². The molecule has 2 amide bonds. The molecule has 1 aromatic carbocycles. The first-order chi connectivity index (χ1) is 10.1. The number of halogens is 4. The van der Waals surface area contributed by atoms with E-state index in [4.69, 9.17) is 16.3 Å². The maximum absolute atomic E-state index is 12.5. The Morgan fingerprint density at radius 1 is 1.50 bits per heavy atom. The van der Waals surface area contributed by atoms with Gasteiger partial charge in [0.1, 0.15) is 0 Å². The van der Waals surface area contributed by atoms with Crippen molar-refractivity contribution in [1.29, 1.82) is 0 Å². The number of aliphatic hydroxyl groups excluding tert-OH is 1. The Kier molecular flexibility index (Phi) is 6.46. The molecule has 0 bridgehead atoms. The summed E-state index contributed by atoms with van der Waals surface area (Å²) >= 11 is 5.74. The minimum Gasteiger partial charge on any atom is -0.389 e. The molecule has 0 aliphatic carbocycles. The Labute approximate surface area is 130 Å². The van der Waals surface area contributed by atoms with Gasteiger partial charge >= 0.3 is 12.2 Å². The number of hydrogen-bond donors (Lipinski definition) is 2. The minimum atomic E-state index is -4.51.